The average Bonchev–Trinajstić information content (AvgIpc) is 3.46. The van der Waals surface area contributed by atoms with Crippen molar-refractivity contribution >= 4 is 33.0 Å². The van der Waals surface area contributed by atoms with Gasteiger partial charge in [0, 0.05) is 23.7 Å². The molecule has 4 nitrogen and oxygen atoms in total. The molecule has 1 amide bonds. The van der Waals surface area contributed by atoms with Gasteiger partial charge >= 0.3 is 0 Å². The van der Waals surface area contributed by atoms with Gasteiger partial charge in [0.2, 0.25) is 0 Å². The third-order valence-corrected chi connectivity index (χ3v) is 9.95. The molecular weight excluding hydrogens is 402 g/mol. The summed E-state index contributed by atoms with van der Waals surface area (Å²) in [5.74, 6) is 0.775. The van der Waals surface area contributed by atoms with Gasteiger partial charge < -0.3 is 5.32 Å². The SMILES string of the molecule is CCCCN1N=C(C(=O)N[C@H]2C[C@H]3CC[C@]2(C)C3(C)C)CC1c1csc2ccccc12. The summed E-state index contributed by atoms with van der Waals surface area (Å²) in [6.07, 6.45) is 6.55. The molecule has 2 saturated carbocycles. The summed E-state index contributed by atoms with van der Waals surface area (Å²) in [5, 5.41) is 14.1. The van der Waals surface area contributed by atoms with Crippen LogP contribution >= 0.6 is 11.3 Å². The van der Waals surface area contributed by atoms with Crippen LogP contribution in [0.25, 0.3) is 10.1 Å². The van der Waals surface area contributed by atoms with Crippen LogP contribution in [0.4, 0.5) is 0 Å². The third-order valence-electron chi connectivity index (χ3n) is 8.97. The lowest BCUT2D eigenvalue weighted by atomic mass is 9.69. The van der Waals surface area contributed by atoms with Gasteiger partial charge in [-0.05, 0) is 64.8 Å². The Labute approximate surface area is 190 Å². The number of hydrogen-bond acceptors (Lipinski definition) is 4. The molecule has 2 aliphatic carbocycles. The van der Waals surface area contributed by atoms with E-state index in [9.17, 15) is 4.79 Å². The van der Waals surface area contributed by atoms with Gasteiger partial charge in [0.15, 0.2) is 0 Å². The summed E-state index contributed by atoms with van der Waals surface area (Å²) >= 11 is 1.79. The van der Waals surface area contributed by atoms with Crippen molar-refractivity contribution < 1.29 is 4.79 Å². The summed E-state index contributed by atoms with van der Waals surface area (Å²) in [6, 6.07) is 9.02. The molecule has 166 valence electrons. The summed E-state index contributed by atoms with van der Waals surface area (Å²) < 4.78 is 1.31. The van der Waals surface area contributed by atoms with Crippen molar-refractivity contribution in [1.82, 2.24) is 10.3 Å². The number of hydrazone groups is 1. The van der Waals surface area contributed by atoms with Crippen molar-refractivity contribution in [3.8, 4) is 0 Å². The number of carbonyl (C=O) groups excluding carboxylic acids is 1. The maximum absolute atomic E-state index is 13.4. The number of nitrogens with zero attached hydrogens (tertiary/aromatic N) is 2. The Morgan fingerprint density at radius 3 is 2.81 bits per heavy atom. The van der Waals surface area contributed by atoms with E-state index in [1.807, 2.05) is 0 Å². The molecule has 0 spiro atoms. The molecule has 2 bridgehead atoms. The molecule has 1 aliphatic heterocycles. The van der Waals surface area contributed by atoms with Gasteiger partial charge in [-0.25, -0.2) is 0 Å². The average molecular weight is 438 g/mol. The lowest BCUT2D eigenvalue weighted by molar-refractivity contribution is -0.116. The van der Waals surface area contributed by atoms with Gasteiger partial charge in [-0.1, -0.05) is 52.3 Å². The van der Waals surface area contributed by atoms with Crippen LogP contribution in [0.3, 0.4) is 0 Å². The molecule has 2 aromatic rings. The molecule has 4 atom stereocenters. The number of amides is 1. The molecule has 0 radical (unpaired) electrons. The van der Waals surface area contributed by atoms with E-state index in [0.29, 0.717) is 17.5 Å². The first-order valence-corrected chi connectivity index (χ1v) is 12.8. The highest BCUT2D eigenvalue weighted by Crippen LogP contribution is 2.65. The molecule has 1 unspecified atom stereocenters. The van der Waals surface area contributed by atoms with Crippen molar-refractivity contribution in [2.24, 2.45) is 21.8 Å². The molecule has 5 rings (SSSR count). The zero-order valence-electron chi connectivity index (χ0n) is 19.3. The Bertz CT molecular complexity index is 1020. The van der Waals surface area contributed by atoms with E-state index in [-0.39, 0.29) is 23.4 Å². The fourth-order valence-corrected chi connectivity index (χ4v) is 7.42. The maximum atomic E-state index is 13.4. The normalized spacial score (nSPS) is 31.4. The molecule has 1 aromatic carbocycles. The highest BCUT2D eigenvalue weighted by molar-refractivity contribution is 7.17. The Balaban J connectivity index is 1.36. The zero-order valence-corrected chi connectivity index (χ0v) is 20.1. The Morgan fingerprint density at radius 2 is 2.10 bits per heavy atom. The maximum Gasteiger partial charge on any atom is 0.267 e. The lowest BCUT2D eigenvalue weighted by Crippen LogP contribution is -2.48. The first-order chi connectivity index (χ1) is 14.8. The lowest BCUT2D eigenvalue weighted by Gasteiger charge is -2.39. The molecule has 0 saturated heterocycles. The summed E-state index contributed by atoms with van der Waals surface area (Å²) in [4.78, 5) is 13.4. The van der Waals surface area contributed by atoms with Crippen molar-refractivity contribution in [2.75, 3.05) is 6.54 Å². The van der Waals surface area contributed by atoms with Crippen molar-refractivity contribution in [3.05, 3.63) is 35.2 Å². The minimum Gasteiger partial charge on any atom is -0.348 e. The topological polar surface area (TPSA) is 44.7 Å². The van der Waals surface area contributed by atoms with Gasteiger partial charge in [0.05, 0.1) is 6.04 Å². The molecule has 2 heterocycles. The monoisotopic (exact) mass is 437 g/mol. The number of nitrogens with one attached hydrogen (secondary N) is 1. The molecular formula is C26H35N3OS. The van der Waals surface area contributed by atoms with Crippen LogP contribution in [0.1, 0.15) is 77.8 Å². The van der Waals surface area contributed by atoms with E-state index in [4.69, 9.17) is 5.10 Å². The molecule has 2 fully saturated rings. The Hall–Kier alpha value is -1.88. The van der Waals surface area contributed by atoms with Crippen molar-refractivity contribution in [1.29, 1.82) is 0 Å². The summed E-state index contributed by atoms with van der Waals surface area (Å²) in [5.41, 5.74) is 2.52. The van der Waals surface area contributed by atoms with Crippen LogP contribution in [-0.2, 0) is 4.79 Å². The van der Waals surface area contributed by atoms with Crippen LogP contribution < -0.4 is 5.32 Å². The quantitative estimate of drug-likeness (QED) is 0.590. The second kappa shape index (κ2) is 7.61. The number of rotatable bonds is 6. The van der Waals surface area contributed by atoms with E-state index in [1.54, 1.807) is 11.3 Å². The Kier molecular flexibility index (Phi) is 5.16. The van der Waals surface area contributed by atoms with Crippen LogP contribution in [0.15, 0.2) is 34.7 Å². The predicted molar refractivity (Wildman–Crippen MR) is 129 cm³/mol. The van der Waals surface area contributed by atoms with E-state index >= 15 is 0 Å². The van der Waals surface area contributed by atoms with E-state index in [2.05, 4.69) is 67.7 Å². The van der Waals surface area contributed by atoms with E-state index in [0.717, 1.165) is 31.7 Å². The van der Waals surface area contributed by atoms with Gasteiger partial charge in [-0.15, -0.1) is 11.3 Å². The van der Waals surface area contributed by atoms with Gasteiger partial charge in [0.25, 0.3) is 5.91 Å². The minimum atomic E-state index is 0.0538. The number of thiophene rings is 1. The van der Waals surface area contributed by atoms with Crippen LogP contribution in [-0.4, -0.2) is 29.2 Å². The Morgan fingerprint density at radius 1 is 1.29 bits per heavy atom. The van der Waals surface area contributed by atoms with Crippen LogP contribution in [0.2, 0.25) is 0 Å². The third kappa shape index (κ3) is 3.23. The standard InChI is InChI=1S/C26H35N3OS/c1-5-6-13-29-21(19-16-31-22-10-8-7-9-18(19)22)15-20(28-29)24(30)27-23-14-17-11-12-26(23,4)25(17,2)3/h7-10,16-17,21,23H,5-6,11-15H2,1-4H3,(H,27,30)/t17-,21?,23+,26+/m1/s1. The number of benzene rings is 1. The highest BCUT2D eigenvalue weighted by Gasteiger charge is 2.61. The first kappa shape index (κ1) is 21.0. The van der Waals surface area contributed by atoms with Crippen molar-refractivity contribution in [3.63, 3.8) is 0 Å². The zero-order chi connectivity index (χ0) is 21.8. The van der Waals surface area contributed by atoms with E-state index < -0.39 is 0 Å². The van der Waals surface area contributed by atoms with Gasteiger partial charge in [0.1, 0.15) is 5.71 Å². The number of carbonyl (C=O) groups is 1. The number of unbranched alkanes of at least 4 members (excludes halogenated alkanes) is 1. The molecule has 5 heteroatoms. The number of fused-ring (bicyclic) bond motifs is 3. The number of hydrogen-bond donors (Lipinski definition) is 1. The summed E-state index contributed by atoms with van der Waals surface area (Å²) in [6.45, 7) is 10.3. The van der Waals surface area contributed by atoms with E-state index in [1.165, 1.54) is 28.5 Å². The van der Waals surface area contributed by atoms with Crippen LogP contribution in [0.5, 0.6) is 0 Å². The second-order valence-corrected chi connectivity index (χ2v) is 11.5. The summed E-state index contributed by atoms with van der Waals surface area (Å²) in [7, 11) is 0. The van der Waals surface area contributed by atoms with Gasteiger partial charge in [-0.2, -0.15) is 5.10 Å². The molecule has 1 N–H and O–H groups in total. The van der Waals surface area contributed by atoms with Crippen molar-refractivity contribution in [2.45, 2.75) is 78.3 Å². The molecule has 1 aromatic heterocycles. The van der Waals surface area contributed by atoms with Gasteiger partial charge in [-0.3, -0.25) is 9.80 Å². The predicted octanol–water partition coefficient (Wildman–Crippen LogP) is 6.14. The second-order valence-electron chi connectivity index (χ2n) is 10.6. The molecule has 31 heavy (non-hydrogen) atoms. The fraction of sp³-hybridized carbons (Fsp3) is 0.615. The fourth-order valence-electron chi connectivity index (χ4n) is 6.41. The van der Waals surface area contributed by atoms with Crippen LogP contribution in [0, 0.1) is 16.7 Å². The molecule has 3 aliphatic rings. The first-order valence-electron chi connectivity index (χ1n) is 12.0. The highest BCUT2D eigenvalue weighted by atomic mass is 32.1. The largest absolute Gasteiger partial charge is 0.348 e. The minimum absolute atomic E-state index is 0.0538. The smallest absolute Gasteiger partial charge is 0.267 e.